The number of hydrogen-bond acceptors (Lipinski definition) is 3. The summed E-state index contributed by atoms with van der Waals surface area (Å²) in [6, 6.07) is -0.386. The van der Waals surface area contributed by atoms with Crippen LogP contribution in [0, 0.1) is 5.92 Å². The zero-order valence-corrected chi connectivity index (χ0v) is 15.4. The molecule has 0 bridgehead atoms. The van der Waals surface area contributed by atoms with Crippen LogP contribution in [0.25, 0.3) is 0 Å². The second kappa shape index (κ2) is 8.73. The Morgan fingerprint density at radius 2 is 1.58 bits per heavy atom. The first kappa shape index (κ1) is 19.0. The first-order valence-corrected chi connectivity index (χ1v) is 10.1. The maximum absolute atomic E-state index is 12.8. The van der Waals surface area contributed by atoms with Crippen LogP contribution in [-0.2, 0) is 9.59 Å². The van der Waals surface area contributed by atoms with Gasteiger partial charge < -0.3 is 20.6 Å². The summed E-state index contributed by atoms with van der Waals surface area (Å²) < 4.78 is 0. The van der Waals surface area contributed by atoms with Crippen LogP contribution in [0.1, 0.15) is 70.6 Å². The fraction of sp³-hybridized carbons (Fsp3) is 0.842. The van der Waals surface area contributed by atoms with E-state index in [9.17, 15) is 14.4 Å². The third kappa shape index (κ3) is 4.68. The lowest BCUT2D eigenvalue weighted by molar-refractivity contribution is -0.143. The number of amides is 3. The van der Waals surface area contributed by atoms with Gasteiger partial charge in [0.15, 0.2) is 0 Å². The minimum absolute atomic E-state index is 0.00117. The maximum atomic E-state index is 12.8. The summed E-state index contributed by atoms with van der Waals surface area (Å²) in [5.74, 6) is -0.975. The van der Waals surface area contributed by atoms with Gasteiger partial charge >= 0.3 is 12.0 Å². The molecule has 1 atom stereocenters. The zero-order chi connectivity index (χ0) is 18.5. The first-order valence-electron chi connectivity index (χ1n) is 10.1. The van der Waals surface area contributed by atoms with E-state index in [1.54, 1.807) is 0 Å². The number of carboxylic acids is 1. The van der Waals surface area contributed by atoms with E-state index >= 15 is 0 Å². The van der Waals surface area contributed by atoms with Gasteiger partial charge in [-0.15, -0.1) is 0 Å². The predicted molar refractivity (Wildman–Crippen MR) is 96.7 cm³/mol. The van der Waals surface area contributed by atoms with Gasteiger partial charge in [-0.3, -0.25) is 9.59 Å². The van der Waals surface area contributed by atoms with E-state index in [4.69, 9.17) is 5.11 Å². The van der Waals surface area contributed by atoms with E-state index in [-0.39, 0.29) is 23.9 Å². The highest BCUT2D eigenvalue weighted by Gasteiger charge is 2.35. The normalized spacial score (nSPS) is 30.7. The number of rotatable bonds is 4. The van der Waals surface area contributed by atoms with Crippen LogP contribution in [0.15, 0.2) is 0 Å². The van der Waals surface area contributed by atoms with Gasteiger partial charge in [-0.1, -0.05) is 19.3 Å². The summed E-state index contributed by atoms with van der Waals surface area (Å²) in [6.07, 6.45) is 9.96. The van der Waals surface area contributed by atoms with E-state index in [0.717, 1.165) is 25.8 Å². The fourth-order valence-corrected chi connectivity index (χ4v) is 4.66. The molecule has 1 unspecified atom stereocenters. The van der Waals surface area contributed by atoms with Gasteiger partial charge in [-0.2, -0.15) is 0 Å². The van der Waals surface area contributed by atoms with Crippen molar-refractivity contribution in [1.29, 1.82) is 0 Å². The minimum atomic E-state index is -0.747. The van der Waals surface area contributed by atoms with Gasteiger partial charge in [0.05, 0.1) is 5.92 Å². The van der Waals surface area contributed by atoms with Gasteiger partial charge in [0.1, 0.15) is 6.04 Å². The van der Waals surface area contributed by atoms with Crippen LogP contribution in [-0.4, -0.2) is 52.6 Å². The van der Waals surface area contributed by atoms with Crippen LogP contribution >= 0.6 is 0 Å². The Hall–Kier alpha value is -1.79. The van der Waals surface area contributed by atoms with Crippen molar-refractivity contribution in [2.45, 2.75) is 88.8 Å². The summed E-state index contributed by atoms with van der Waals surface area (Å²) >= 11 is 0. The van der Waals surface area contributed by atoms with Crippen LogP contribution in [0.2, 0.25) is 0 Å². The monoisotopic (exact) mass is 365 g/mol. The second-order valence-electron chi connectivity index (χ2n) is 8.02. The molecule has 0 aromatic carbocycles. The number of carbonyl (C=O) groups is 3. The molecule has 3 amide bonds. The van der Waals surface area contributed by atoms with Crippen LogP contribution in [0.5, 0.6) is 0 Å². The number of hydrogen-bond donors (Lipinski definition) is 3. The molecule has 3 rings (SSSR count). The van der Waals surface area contributed by atoms with Gasteiger partial charge in [-0.25, -0.2) is 4.79 Å². The van der Waals surface area contributed by atoms with Gasteiger partial charge in [0.2, 0.25) is 5.91 Å². The van der Waals surface area contributed by atoms with Gasteiger partial charge in [-0.05, 0) is 51.4 Å². The van der Waals surface area contributed by atoms with Crippen molar-refractivity contribution in [2.24, 2.45) is 5.92 Å². The number of likely N-dealkylation sites (tertiary alicyclic amines) is 1. The van der Waals surface area contributed by atoms with Crippen LogP contribution in [0.4, 0.5) is 4.79 Å². The molecule has 1 heterocycles. The third-order valence-corrected chi connectivity index (χ3v) is 6.21. The highest BCUT2D eigenvalue weighted by molar-refractivity contribution is 5.88. The van der Waals surface area contributed by atoms with Crippen LogP contribution < -0.4 is 10.6 Å². The Bertz CT molecular complexity index is 525. The molecule has 1 aliphatic heterocycles. The van der Waals surface area contributed by atoms with Crippen molar-refractivity contribution in [1.82, 2.24) is 15.5 Å². The average Bonchev–Trinajstić information content (AvgIpc) is 2.64. The third-order valence-electron chi connectivity index (χ3n) is 6.21. The quantitative estimate of drug-likeness (QED) is 0.711. The van der Waals surface area contributed by atoms with Crippen molar-refractivity contribution < 1.29 is 19.5 Å². The van der Waals surface area contributed by atoms with Crippen molar-refractivity contribution in [2.75, 3.05) is 6.54 Å². The Morgan fingerprint density at radius 1 is 0.885 bits per heavy atom. The Labute approximate surface area is 154 Å². The van der Waals surface area contributed by atoms with E-state index in [1.807, 2.05) is 4.90 Å². The minimum Gasteiger partial charge on any atom is -0.481 e. The lowest BCUT2D eigenvalue weighted by Gasteiger charge is -2.40. The average molecular weight is 365 g/mol. The van der Waals surface area contributed by atoms with E-state index in [0.29, 0.717) is 38.1 Å². The first-order chi connectivity index (χ1) is 12.5. The van der Waals surface area contributed by atoms with Gasteiger partial charge in [0.25, 0.3) is 0 Å². The number of carboxylic acid groups (broad SMARTS) is 1. The topological polar surface area (TPSA) is 98.7 Å². The summed E-state index contributed by atoms with van der Waals surface area (Å²) in [6.45, 7) is 0.808. The fourth-order valence-electron chi connectivity index (χ4n) is 4.66. The lowest BCUT2D eigenvalue weighted by atomic mass is 9.86. The summed E-state index contributed by atoms with van der Waals surface area (Å²) in [7, 11) is 0. The summed E-state index contributed by atoms with van der Waals surface area (Å²) in [5, 5.41) is 14.8. The Morgan fingerprint density at radius 3 is 2.23 bits per heavy atom. The lowest BCUT2D eigenvalue weighted by Crippen LogP contribution is -2.57. The molecule has 7 nitrogen and oxygen atoms in total. The molecule has 7 heteroatoms. The smallest absolute Gasteiger partial charge is 0.315 e. The highest BCUT2D eigenvalue weighted by Crippen LogP contribution is 2.26. The number of carbonyl (C=O) groups excluding carboxylic acids is 2. The molecule has 0 aromatic rings. The van der Waals surface area contributed by atoms with Crippen molar-refractivity contribution in [3.63, 3.8) is 0 Å². The Kier molecular flexibility index (Phi) is 6.38. The number of nitrogens with zero attached hydrogens (tertiary/aromatic N) is 1. The zero-order valence-electron chi connectivity index (χ0n) is 15.4. The van der Waals surface area contributed by atoms with Gasteiger partial charge in [0, 0.05) is 18.6 Å². The molecule has 146 valence electrons. The molecule has 0 spiro atoms. The molecule has 0 radical (unpaired) electrons. The molecular weight excluding hydrogens is 334 g/mol. The summed E-state index contributed by atoms with van der Waals surface area (Å²) in [5.41, 5.74) is 0. The number of aliphatic carboxylic acids is 1. The highest BCUT2D eigenvalue weighted by atomic mass is 16.4. The van der Waals surface area contributed by atoms with E-state index in [1.165, 1.54) is 19.3 Å². The van der Waals surface area contributed by atoms with E-state index < -0.39 is 12.0 Å². The van der Waals surface area contributed by atoms with E-state index in [2.05, 4.69) is 10.6 Å². The van der Waals surface area contributed by atoms with Crippen LogP contribution in [0.3, 0.4) is 0 Å². The molecule has 0 aromatic heterocycles. The number of nitrogens with one attached hydrogen (secondary N) is 2. The van der Waals surface area contributed by atoms with Crippen molar-refractivity contribution >= 4 is 17.9 Å². The number of urea groups is 1. The second-order valence-corrected chi connectivity index (χ2v) is 8.02. The SMILES string of the molecule is O=C(NC1CCC(C(=O)O)CC1)NC1CCCN(C2CCCCC2)C1=O. The predicted octanol–water partition coefficient (Wildman–Crippen LogP) is 2.25. The molecule has 3 aliphatic rings. The Balaban J connectivity index is 1.46. The molecule has 1 saturated heterocycles. The molecule has 2 saturated carbocycles. The van der Waals surface area contributed by atoms with Crippen molar-refractivity contribution in [3.8, 4) is 0 Å². The largest absolute Gasteiger partial charge is 0.481 e. The molecular formula is C19H31N3O4. The summed E-state index contributed by atoms with van der Waals surface area (Å²) in [4.78, 5) is 38.1. The molecule has 26 heavy (non-hydrogen) atoms. The molecule has 3 N–H and O–H groups in total. The maximum Gasteiger partial charge on any atom is 0.315 e. The molecule has 2 aliphatic carbocycles. The standard InChI is InChI=1S/C19H31N3O4/c23-17-16(7-4-12-22(17)15-5-2-1-3-6-15)21-19(26)20-14-10-8-13(9-11-14)18(24)25/h13-16H,1-12H2,(H,24,25)(H2,20,21,26). The number of piperidine rings is 1. The molecule has 3 fully saturated rings. The van der Waals surface area contributed by atoms with Crippen molar-refractivity contribution in [3.05, 3.63) is 0 Å².